The Kier molecular flexibility index (Phi) is 3.59. The summed E-state index contributed by atoms with van der Waals surface area (Å²) in [6.07, 6.45) is 9.21. The average Bonchev–Trinajstić information content (AvgIpc) is 3.13. The van der Waals surface area contributed by atoms with Crippen LogP contribution in [0.3, 0.4) is 0 Å². The molecule has 24 heavy (non-hydrogen) atoms. The molecule has 3 atom stereocenters. The molecule has 6 nitrogen and oxygen atoms in total. The van der Waals surface area contributed by atoms with Crippen molar-refractivity contribution in [1.29, 1.82) is 0 Å². The fourth-order valence-electron chi connectivity index (χ4n) is 4.96. The summed E-state index contributed by atoms with van der Waals surface area (Å²) in [5.41, 5.74) is 0. The molecule has 0 bridgehead atoms. The Morgan fingerprint density at radius 2 is 1.46 bits per heavy atom. The number of hydrogen-bond acceptors (Lipinski definition) is 6. The molecule has 2 aliphatic carbocycles. The quantitative estimate of drug-likeness (QED) is 0.676. The smallest absolute Gasteiger partial charge is 0.258 e. The van der Waals surface area contributed by atoms with E-state index in [0.29, 0.717) is 6.61 Å². The highest BCUT2D eigenvalue weighted by atomic mass is 16.8. The molecule has 134 valence electrons. The van der Waals surface area contributed by atoms with Crippen molar-refractivity contribution in [2.45, 2.75) is 93.8 Å². The summed E-state index contributed by atoms with van der Waals surface area (Å²) >= 11 is 0. The molecule has 1 unspecified atom stereocenters. The van der Waals surface area contributed by atoms with Crippen molar-refractivity contribution in [2.75, 3.05) is 13.2 Å². The molecule has 0 radical (unpaired) electrons. The molecule has 0 aromatic rings. The maximum absolute atomic E-state index is 13.1. The standard InChI is InChI=1S/C18H26O6/c19-15-14-13(22-17(23-14)9-5-2-6-10-17)11-20-18(15)12-21-16(24-18)7-3-1-4-8-16/h13-14H,1-12H2/t13-,14?,18+/m1/s1. The Morgan fingerprint density at radius 3 is 2.17 bits per heavy atom. The van der Waals surface area contributed by atoms with E-state index in [1.165, 1.54) is 12.8 Å². The topological polar surface area (TPSA) is 63.2 Å². The van der Waals surface area contributed by atoms with Crippen LogP contribution in [-0.2, 0) is 28.5 Å². The summed E-state index contributed by atoms with van der Waals surface area (Å²) in [6.45, 7) is 0.503. The van der Waals surface area contributed by atoms with Crippen LogP contribution in [0.1, 0.15) is 64.2 Å². The van der Waals surface area contributed by atoms with E-state index in [4.69, 9.17) is 23.7 Å². The van der Waals surface area contributed by atoms with Gasteiger partial charge in [-0.15, -0.1) is 0 Å². The minimum absolute atomic E-state index is 0.149. The van der Waals surface area contributed by atoms with E-state index < -0.39 is 23.5 Å². The molecule has 3 saturated heterocycles. The Hall–Kier alpha value is -0.530. The molecule has 5 aliphatic rings. The summed E-state index contributed by atoms with van der Waals surface area (Å²) < 4.78 is 30.4. The van der Waals surface area contributed by atoms with Gasteiger partial charge in [-0.05, 0) is 25.7 Å². The fraction of sp³-hybridized carbons (Fsp3) is 0.944. The van der Waals surface area contributed by atoms with Gasteiger partial charge in [-0.2, -0.15) is 0 Å². The van der Waals surface area contributed by atoms with E-state index in [2.05, 4.69) is 0 Å². The monoisotopic (exact) mass is 338 g/mol. The van der Waals surface area contributed by atoms with Gasteiger partial charge in [0.25, 0.3) is 5.79 Å². The molecule has 2 saturated carbocycles. The maximum Gasteiger partial charge on any atom is 0.258 e. The minimum Gasteiger partial charge on any atom is -0.344 e. The van der Waals surface area contributed by atoms with Crippen LogP contribution in [0, 0.1) is 0 Å². The lowest BCUT2D eigenvalue weighted by Gasteiger charge is -2.38. The molecule has 0 N–H and O–H groups in total. The first-order valence-corrected chi connectivity index (χ1v) is 9.53. The molecular formula is C18H26O6. The van der Waals surface area contributed by atoms with E-state index in [-0.39, 0.29) is 18.5 Å². The number of Topliss-reactive ketones (excluding diaryl/α,β-unsaturated/α-hetero) is 1. The zero-order valence-electron chi connectivity index (χ0n) is 14.1. The number of ketones is 1. The van der Waals surface area contributed by atoms with Gasteiger partial charge in [0.15, 0.2) is 17.7 Å². The maximum atomic E-state index is 13.1. The second kappa shape index (κ2) is 5.48. The molecular weight excluding hydrogens is 312 g/mol. The molecule has 3 heterocycles. The van der Waals surface area contributed by atoms with E-state index in [9.17, 15) is 4.79 Å². The third-order valence-corrected chi connectivity index (χ3v) is 6.27. The number of carbonyl (C=O) groups excluding carboxylic acids is 1. The lowest BCUT2D eigenvalue weighted by atomic mass is 9.94. The van der Waals surface area contributed by atoms with Crippen LogP contribution in [0.15, 0.2) is 0 Å². The van der Waals surface area contributed by atoms with Crippen molar-refractivity contribution < 1.29 is 28.5 Å². The van der Waals surface area contributed by atoms with E-state index >= 15 is 0 Å². The van der Waals surface area contributed by atoms with Gasteiger partial charge in [0.2, 0.25) is 5.78 Å². The first-order valence-electron chi connectivity index (χ1n) is 9.53. The highest BCUT2D eigenvalue weighted by Gasteiger charge is 2.65. The summed E-state index contributed by atoms with van der Waals surface area (Å²) in [6, 6.07) is 0. The van der Waals surface area contributed by atoms with Crippen LogP contribution in [0.25, 0.3) is 0 Å². The lowest BCUT2D eigenvalue weighted by molar-refractivity contribution is -0.279. The average molecular weight is 338 g/mol. The van der Waals surface area contributed by atoms with Crippen molar-refractivity contribution in [3.63, 3.8) is 0 Å². The molecule has 0 aromatic carbocycles. The summed E-state index contributed by atoms with van der Waals surface area (Å²) in [5, 5.41) is 0. The summed E-state index contributed by atoms with van der Waals surface area (Å²) in [7, 11) is 0. The molecule has 0 amide bonds. The van der Waals surface area contributed by atoms with Gasteiger partial charge in [0, 0.05) is 25.7 Å². The predicted octanol–water partition coefficient (Wildman–Crippen LogP) is 2.43. The zero-order valence-corrected chi connectivity index (χ0v) is 14.1. The predicted molar refractivity (Wildman–Crippen MR) is 82.1 cm³/mol. The van der Waals surface area contributed by atoms with Crippen LogP contribution >= 0.6 is 0 Å². The SMILES string of the molecule is O=C1C2OC3(CCCCC3)O[C@@H]2CO[C@]12COC1(CCCCC1)O2. The number of ether oxygens (including phenoxy) is 5. The summed E-state index contributed by atoms with van der Waals surface area (Å²) in [5.74, 6) is -2.66. The van der Waals surface area contributed by atoms with Crippen molar-refractivity contribution in [2.24, 2.45) is 0 Å². The zero-order chi connectivity index (χ0) is 16.3. The van der Waals surface area contributed by atoms with Gasteiger partial charge in [0.1, 0.15) is 12.7 Å². The number of hydrogen-bond donors (Lipinski definition) is 0. The van der Waals surface area contributed by atoms with E-state index in [0.717, 1.165) is 51.4 Å². The van der Waals surface area contributed by atoms with Gasteiger partial charge in [-0.1, -0.05) is 12.8 Å². The number of carbonyl (C=O) groups is 1. The van der Waals surface area contributed by atoms with Crippen molar-refractivity contribution >= 4 is 5.78 Å². The highest BCUT2D eigenvalue weighted by molar-refractivity contribution is 5.92. The highest BCUT2D eigenvalue weighted by Crippen LogP contribution is 2.48. The first-order chi connectivity index (χ1) is 11.6. The normalized spacial score (nSPS) is 43.6. The number of rotatable bonds is 0. The largest absolute Gasteiger partial charge is 0.344 e. The van der Waals surface area contributed by atoms with E-state index in [1.807, 2.05) is 0 Å². The third kappa shape index (κ3) is 2.31. The van der Waals surface area contributed by atoms with Crippen LogP contribution in [-0.4, -0.2) is 48.6 Å². The Labute approximate surface area is 142 Å². The molecule has 3 aliphatic heterocycles. The second-order valence-electron chi connectivity index (χ2n) is 7.96. The molecule has 0 aromatic heterocycles. The molecule has 5 fully saturated rings. The number of fused-ring (bicyclic) bond motifs is 1. The van der Waals surface area contributed by atoms with Gasteiger partial charge in [-0.25, -0.2) is 0 Å². The fourth-order valence-corrected chi connectivity index (χ4v) is 4.96. The molecule has 6 heteroatoms. The van der Waals surface area contributed by atoms with Crippen molar-refractivity contribution in [3.8, 4) is 0 Å². The Bertz CT molecular complexity index is 510. The lowest BCUT2D eigenvalue weighted by Crippen LogP contribution is -2.59. The second-order valence-corrected chi connectivity index (χ2v) is 7.96. The van der Waals surface area contributed by atoms with Crippen molar-refractivity contribution in [3.05, 3.63) is 0 Å². The van der Waals surface area contributed by atoms with E-state index in [1.54, 1.807) is 0 Å². The Balaban J connectivity index is 1.35. The molecule has 5 rings (SSSR count). The van der Waals surface area contributed by atoms with Gasteiger partial charge in [0.05, 0.1) is 6.61 Å². The van der Waals surface area contributed by atoms with Crippen molar-refractivity contribution in [1.82, 2.24) is 0 Å². The first kappa shape index (κ1) is 15.7. The van der Waals surface area contributed by atoms with Crippen LogP contribution in [0.4, 0.5) is 0 Å². The third-order valence-electron chi connectivity index (χ3n) is 6.27. The van der Waals surface area contributed by atoms with Crippen LogP contribution < -0.4 is 0 Å². The molecule has 3 spiro atoms. The minimum atomic E-state index is -1.29. The summed E-state index contributed by atoms with van der Waals surface area (Å²) in [4.78, 5) is 13.1. The van der Waals surface area contributed by atoms with Gasteiger partial charge < -0.3 is 23.7 Å². The van der Waals surface area contributed by atoms with Gasteiger partial charge >= 0.3 is 0 Å². The van der Waals surface area contributed by atoms with Gasteiger partial charge in [-0.3, -0.25) is 4.79 Å². The van der Waals surface area contributed by atoms with Crippen LogP contribution in [0.2, 0.25) is 0 Å². The van der Waals surface area contributed by atoms with Crippen LogP contribution in [0.5, 0.6) is 0 Å². The Morgan fingerprint density at radius 1 is 0.792 bits per heavy atom.